The molecule has 1 fully saturated rings. The van der Waals surface area contributed by atoms with Crippen LogP contribution in [-0.4, -0.2) is 31.6 Å². The van der Waals surface area contributed by atoms with Gasteiger partial charge in [0.1, 0.15) is 12.2 Å². The van der Waals surface area contributed by atoms with Crippen molar-refractivity contribution in [3.63, 3.8) is 0 Å². The van der Waals surface area contributed by atoms with Crippen molar-refractivity contribution >= 4 is 11.8 Å². The minimum absolute atomic E-state index is 0.0638. The third kappa shape index (κ3) is 9.41. The van der Waals surface area contributed by atoms with Crippen molar-refractivity contribution < 1.29 is 19.1 Å². The summed E-state index contributed by atoms with van der Waals surface area (Å²) in [6, 6.07) is 0. The van der Waals surface area contributed by atoms with Gasteiger partial charge in [-0.2, -0.15) is 0 Å². The van der Waals surface area contributed by atoms with Crippen LogP contribution >= 0.6 is 0 Å². The Morgan fingerprint density at radius 2 is 1.80 bits per heavy atom. The van der Waals surface area contributed by atoms with Gasteiger partial charge in [0.25, 0.3) is 0 Å². The highest BCUT2D eigenvalue weighted by atomic mass is 16.5. The number of ketones is 1. The first kappa shape index (κ1) is 14.1. The van der Waals surface area contributed by atoms with E-state index >= 15 is 0 Å². The number of hydrogen-bond acceptors (Lipinski definition) is 4. The Morgan fingerprint density at radius 1 is 1.27 bits per heavy atom. The molecule has 1 saturated heterocycles. The van der Waals surface area contributed by atoms with E-state index < -0.39 is 5.97 Å². The first-order chi connectivity index (χ1) is 7.20. The van der Waals surface area contributed by atoms with Crippen molar-refractivity contribution in [3.05, 3.63) is 0 Å². The van der Waals surface area contributed by atoms with E-state index in [4.69, 9.17) is 9.47 Å². The SMILES string of the molecule is C1COC1.CCCOC(=O)CC(=O)CC. The minimum atomic E-state index is -0.404. The van der Waals surface area contributed by atoms with Crippen molar-refractivity contribution in [1.29, 1.82) is 0 Å². The smallest absolute Gasteiger partial charge is 0.313 e. The van der Waals surface area contributed by atoms with Crippen LogP contribution in [0.1, 0.15) is 39.5 Å². The number of carbonyl (C=O) groups is 2. The van der Waals surface area contributed by atoms with E-state index in [0.29, 0.717) is 13.0 Å². The molecule has 1 aliphatic heterocycles. The van der Waals surface area contributed by atoms with E-state index in [1.807, 2.05) is 6.92 Å². The first-order valence-electron chi connectivity index (χ1n) is 5.45. The summed E-state index contributed by atoms with van der Waals surface area (Å²) in [6.45, 7) is 6.06. The molecule has 0 amide bonds. The zero-order valence-electron chi connectivity index (χ0n) is 9.58. The molecule has 1 rings (SSSR count). The molecular weight excluding hydrogens is 196 g/mol. The maximum absolute atomic E-state index is 10.7. The normalized spacial score (nSPS) is 13.2. The predicted molar refractivity (Wildman–Crippen MR) is 56.6 cm³/mol. The van der Waals surface area contributed by atoms with Crippen LogP contribution in [0, 0.1) is 0 Å². The second kappa shape index (κ2) is 9.65. The molecule has 0 radical (unpaired) electrons. The Morgan fingerprint density at radius 3 is 2.13 bits per heavy atom. The molecule has 1 aliphatic rings. The highest BCUT2D eigenvalue weighted by Crippen LogP contribution is 1.93. The van der Waals surface area contributed by atoms with Crippen molar-refractivity contribution in [2.45, 2.75) is 39.5 Å². The molecule has 15 heavy (non-hydrogen) atoms. The Balaban J connectivity index is 0.000000401. The average Bonchev–Trinajstić information content (AvgIpc) is 2.11. The van der Waals surface area contributed by atoms with Gasteiger partial charge in [-0.15, -0.1) is 0 Å². The standard InChI is InChI=1S/C8H14O3.C3H6O/c1-3-5-11-8(10)6-7(9)4-2;1-2-4-3-1/h3-6H2,1-2H3;1-3H2. The molecule has 4 nitrogen and oxygen atoms in total. The van der Waals surface area contributed by atoms with E-state index in [1.54, 1.807) is 6.92 Å². The second-order valence-electron chi connectivity index (χ2n) is 3.26. The molecule has 88 valence electrons. The van der Waals surface area contributed by atoms with Gasteiger partial charge in [0.05, 0.1) is 6.61 Å². The number of Topliss-reactive ketones (excluding diaryl/α,β-unsaturated/α-hetero) is 1. The van der Waals surface area contributed by atoms with E-state index in [2.05, 4.69) is 0 Å². The molecule has 0 N–H and O–H groups in total. The number of carbonyl (C=O) groups excluding carboxylic acids is 2. The lowest BCUT2D eigenvalue weighted by atomic mass is 10.2. The van der Waals surface area contributed by atoms with Gasteiger partial charge >= 0.3 is 5.97 Å². The first-order valence-corrected chi connectivity index (χ1v) is 5.45. The largest absolute Gasteiger partial charge is 0.465 e. The number of esters is 1. The van der Waals surface area contributed by atoms with E-state index in [-0.39, 0.29) is 12.2 Å². The molecule has 0 saturated carbocycles. The Hall–Kier alpha value is -0.900. The monoisotopic (exact) mass is 216 g/mol. The predicted octanol–water partition coefficient (Wildman–Crippen LogP) is 1.72. The van der Waals surface area contributed by atoms with Gasteiger partial charge in [-0.3, -0.25) is 9.59 Å². The quantitative estimate of drug-likeness (QED) is 0.518. The lowest BCUT2D eigenvalue weighted by Gasteiger charge is -2.09. The van der Waals surface area contributed by atoms with Gasteiger partial charge in [-0.25, -0.2) is 0 Å². The van der Waals surface area contributed by atoms with Crippen molar-refractivity contribution in [1.82, 2.24) is 0 Å². The number of ether oxygens (including phenoxy) is 2. The maximum atomic E-state index is 10.7. The molecule has 0 spiro atoms. The summed E-state index contributed by atoms with van der Waals surface area (Å²) < 4.78 is 9.43. The fourth-order valence-corrected chi connectivity index (χ4v) is 0.697. The second-order valence-corrected chi connectivity index (χ2v) is 3.26. The molecule has 0 aromatic rings. The van der Waals surface area contributed by atoms with Crippen LogP contribution in [0.25, 0.3) is 0 Å². The Kier molecular flexibility index (Phi) is 9.07. The fourth-order valence-electron chi connectivity index (χ4n) is 0.697. The van der Waals surface area contributed by atoms with Crippen molar-refractivity contribution in [2.24, 2.45) is 0 Å². The summed E-state index contributed by atoms with van der Waals surface area (Å²) in [5.41, 5.74) is 0. The zero-order valence-corrected chi connectivity index (χ0v) is 9.58. The van der Waals surface area contributed by atoms with Crippen LogP contribution in [0.15, 0.2) is 0 Å². The average molecular weight is 216 g/mol. The van der Waals surface area contributed by atoms with Crippen LogP contribution in [-0.2, 0) is 19.1 Å². The van der Waals surface area contributed by atoms with Gasteiger partial charge in [0.15, 0.2) is 0 Å². The van der Waals surface area contributed by atoms with Gasteiger partial charge in [0, 0.05) is 19.6 Å². The highest BCUT2D eigenvalue weighted by Gasteiger charge is 2.07. The molecule has 0 unspecified atom stereocenters. The summed E-state index contributed by atoms with van der Waals surface area (Å²) in [5, 5.41) is 0. The fraction of sp³-hybridized carbons (Fsp3) is 0.818. The molecule has 0 atom stereocenters. The molecular formula is C11H20O4. The molecule has 1 heterocycles. The Bertz CT molecular complexity index is 181. The summed E-state index contributed by atoms with van der Waals surface area (Å²) in [5.74, 6) is -0.468. The highest BCUT2D eigenvalue weighted by molar-refractivity contribution is 5.95. The lowest BCUT2D eigenvalue weighted by molar-refractivity contribution is -0.146. The van der Waals surface area contributed by atoms with E-state index in [1.165, 1.54) is 6.42 Å². The van der Waals surface area contributed by atoms with Gasteiger partial charge in [-0.05, 0) is 12.8 Å². The van der Waals surface area contributed by atoms with Crippen LogP contribution in [0.5, 0.6) is 0 Å². The van der Waals surface area contributed by atoms with E-state index in [9.17, 15) is 9.59 Å². The summed E-state index contributed by atoms with van der Waals surface area (Å²) in [6.07, 6.45) is 2.41. The third-order valence-electron chi connectivity index (χ3n) is 1.78. The minimum Gasteiger partial charge on any atom is -0.465 e. The van der Waals surface area contributed by atoms with Crippen LogP contribution in [0.2, 0.25) is 0 Å². The number of rotatable bonds is 5. The van der Waals surface area contributed by atoms with Crippen LogP contribution < -0.4 is 0 Å². The molecule has 0 aromatic carbocycles. The van der Waals surface area contributed by atoms with Gasteiger partial charge in [-0.1, -0.05) is 13.8 Å². The molecule has 0 aliphatic carbocycles. The lowest BCUT2D eigenvalue weighted by Crippen LogP contribution is -2.10. The van der Waals surface area contributed by atoms with Crippen LogP contribution in [0.4, 0.5) is 0 Å². The molecule has 0 bridgehead atoms. The van der Waals surface area contributed by atoms with E-state index in [0.717, 1.165) is 19.6 Å². The Labute approximate surface area is 90.9 Å². The van der Waals surface area contributed by atoms with Crippen LogP contribution in [0.3, 0.4) is 0 Å². The van der Waals surface area contributed by atoms with Crippen molar-refractivity contribution in [3.8, 4) is 0 Å². The van der Waals surface area contributed by atoms with Gasteiger partial charge in [0.2, 0.25) is 0 Å². The summed E-state index contributed by atoms with van der Waals surface area (Å²) in [4.78, 5) is 21.4. The van der Waals surface area contributed by atoms with Gasteiger partial charge < -0.3 is 9.47 Å². The zero-order chi connectivity index (χ0) is 11.5. The molecule has 0 aromatic heterocycles. The summed E-state index contributed by atoms with van der Waals surface area (Å²) >= 11 is 0. The van der Waals surface area contributed by atoms with Crippen molar-refractivity contribution in [2.75, 3.05) is 19.8 Å². The topological polar surface area (TPSA) is 52.6 Å². The number of hydrogen-bond donors (Lipinski definition) is 0. The summed E-state index contributed by atoms with van der Waals surface area (Å²) in [7, 11) is 0. The third-order valence-corrected chi connectivity index (χ3v) is 1.78. The molecule has 4 heteroatoms. The maximum Gasteiger partial charge on any atom is 0.313 e.